The monoisotopic (exact) mass is 506 g/mol. The van der Waals surface area contributed by atoms with E-state index in [0.29, 0.717) is 11.5 Å². The summed E-state index contributed by atoms with van der Waals surface area (Å²) < 4.78 is 32.4. The molecule has 0 aromatic rings. The third kappa shape index (κ3) is 18.1. The fraction of sp³-hybridized carbons (Fsp3) is 0.769. The number of hydrogen-bond donors (Lipinski definition) is 0. The normalized spacial score (nSPS) is 17.9. The van der Waals surface area contributed by atoms with Gasteiger partial charge in [0.05, 0.1) is 5.55 Å². The van der Waals surface area contributed by atoms with Crippen LogP contribution in [0.1, 0.15) is 74.1 Å². The van der Waals surface area contributed by atoms with E-state index in [4.69, 9.17) is 0 Å². The zero-order chi connectivity index (χ0) is 26.8. The molecule has 0 aromatic heterocycles. The molecule has 2 aliphatic rings. The predicted octanol–water partition coefficient (Wildman–Crippen LogP) is 7.89. The van der Waals surface area contributed by atoms with E-state index in [0.717, 1.165) is 31.8 Å². The number of hydrogen-bond acceptors (Lipinski definition) is 5. The molecule has 200 valence electrons. The Hall–Kier alpha value is -1.28. The average molecular weight is 507 g/mol. The molecule has 0 atom stereocenters. The molecule has 0 aliphatic carbocycles. The second-order valence-corrected chi connectivity index (χ2v) is 10.3. The zero-order valence-electron chi connectivity index (χ0n) is 22.8. The number of alkyl halides is 3. The first kappa shape index (κ1) is 34.9. The largest absolute Gasteiger partial charge is 0.388 e. The van der Waals surface area contributed by atoms with Crippen LogP contribution in [0.3, 0.4) is 0 Å². The second-order valence-electron chi connectivity index (χ2n) is 9.55. The van der Waals surface area contributed by atoms with E-state index >= 15 is 0 Å². The van der Waals surface area contributed by atoms with E-state index in [9.17, 15) is 13.2 Å². The first-order valence-electron chi connectivity index (χ1n) is 12.2. The SMILES string of the molecule is C/C=C\SC=NC.C=NC(=C)N1CCC2(CC1)CCN(C(C)C)C2.CC(C)C.CCC(F)(F)F. The average Bonchev–Trinajstić information content (AvgIpc) is 3.18. The summed E-state index contributed by atoms with van der Waals surface area (Å²) in [6.07, 6.45) is 1.22. The van der Waals surface area contributed by atoms with Crippen molar-refractivity contribution in [2.24, 2.45) is 21.3 Å². The number of piperidine rings is 1. The van der Waals surface area contributed by atoms with E-state index in [2.05, 4.69) is 67.7 Å². The molecule has 2 aliphatic heterocycles. The van der Waals surface area contributed by atoms with Crippen molar-refractivity contribution >= 4 is 24.0 Å². The van der Waals surface area contributed by atoms with Gasteiger partial charge in [-0.15, -0.1) is 0 Å². The summed E-state index contributed by atoms with van der Waals surface area (Å²) in [5.41, 5.74) is 2.36. The molecule has 2 saturated heterocycles. The standard InChI is InChI=1S/C14H25N3.C5H9NS.C4H10.C3H5F3/c1-12(2)17-10-7-14(11-17)5-8-16(9-6-14)13(3)15-4;1-3-4-7-5-6-2;1-4(2)3;1-2-3(4,5)6/h12H,3-11H2,1-2H3;3-5H,1-2H3;4H,1-3H3;2H2,1H3/b;4-3-,6-5?;;. The van der Waals surface area contributed by atoms with Crippen LogP contribution in [0.2, 0.25) is 0 Å². The highest BCUT2D eigenvalue weighted by Crippen LogP contribution is 2.41. The Kier molecular flexibility index (Phi) is 19.5. The van der Waals surface area contributed by atoms with Crippen LogP contribution in [0.4, 0.5) is 13.2 Å². The van der Waals surface area contributed by atoms with Crippen LogP contribution in [0, 0.1) is 11.3 Å². The molecule has 4 nitrogen and oxygen atoms in total. The maximum atomic E-state index is 10.8. The lowest BCUT2D eigenvalue weighted by molar-refractivity contribution is -0.130. The molecule has 2 fully saturated rings. The quantitative estimate of drug-likeness (QED) is 0.281. The molecule has 0 amide bonds. The van der Waals surface area contributed by atoms with Gasteiger partial charge in [0.1, 0.15) is 5.82 Å². The minimum Gasteiger partial charge on any atom is -0.357 e. The van der Waals surface area contributed by atoms with E-state index in [1.807, 2.05) is 18.4 Å². The van der Waals surface area contributed by atoms with Crippen molar-refractivity contribution in [3.8, 4) is 0 Å². The molecule has 0 aromatic carbocycles. The summed E-state index contributed by atoms with van der Waals surface area (Å²) >= 11 is 1.58. The highest BCUT2D eigenvalue weighted by Gasteiger charge is 2.41. The van der Waals surface area contributed by atoms with Gasteiger partial charge < -0.3 is 9.80 Å². The van der Waals surface area contributed by atoms with E-state index in [-0.39, 0.29) is 0 Å². The van der Waals surface area contributed by atoms with Crippen molar-refractivity contribution in [2.45, 2.75) is 86.4 Å². The predicted molar refractivity (Wildman–Crippen MR) is 147 cm³/mol. The van der Waals surface area contributed by atoms with E-state index < -0.39 is 12.6 Å². The molecule has 0 N–H and O–H groups in total. The summed E-state index contributed by atoms with van der Waals surface area (Å²) in [7, 11) is 1.76. The summed E-state index contributed by atoms with van der Waals surface area (Å²) in [6.45, 7) is 26.4. The van der Waals surface area contributed by atoms with Gasteiger partial charge in [-0.05, 0) is 70.0 Å². The topological polar surface area (TPSA) is 31.2 Å². The van der Waals surface area contributed by atoms with Crippen molar-refractivity contribution < 1.29 is 13.2 Å². The Morgan fingerprint density at radius 2 is 1.56 bits per heavy atom. The fourth-order valence-corrected chi connectivity index (χ4v) is 3.68. The highest BCUT2D eigenvalue weighted by molar-refractivity contribution is 8.14. The summed E-state index contributed by atoms with van der Waals surface area (Å²) in [4.78, 5) is 12.6. The van der Waals surface area contributed by atoms with Crippen LogP contribution < -0.4 is 0 Å². The lowest BCUT2D eigenvalue weighted by Crippen LogP contribution is -2.41. The Morgan fingerprint density at radius 3 is 1.88 bits per heavy atom. The first-order chi connectivity index (χ1) is 15.8. The molecule has 2 heterocycles. The van der Waals surface area contributed by atoms with Gasteiger partial charge in [0, 0.05) is 39.1 Å². The van der Waals surface area contributed by atoms with Gasteiger partial charge in [-0.1, -0.05) is 52.1 Å². The summed E-state index contributed by atoms with van der Waals surface area (Å²) in [5.74, 6) is 1.68. The summed E-state index contributed by atoms with van der Waals surface area (Å²) in [6, 6.07) is 0.692. The molecular weight excluding hydrogens is 457 g/mol. The van der Waals surface area contributed by atoms with Crippen LogP contribution >= 0.6 is 11.8 Å². The number of allylic oxidation sites excluding steroid dienone is 1. The Balaban J connectivity index is 0. The number of aliphatic imine (C=N–C) groups is 2. The first-order valence-corrected chi connectivity index (χ1v) is 13.1. The van der Waals surface area contributed by atoms with Gasteiger partial charge in [-0.3, -0.25) is 4.99 Å². The van der Waals surface area contributed by atoms with Crippen molar-refractivity contribution in [3.63, 3.8) is 0 Å². The van der Waals surface area contributed by atoms with Crippen LogP contribution in [0.25, 0.3) is 0 Å². The van der Waals surface area contributed by atoms with Gasteiger partial charge in [-0.25, -0.2) is 4.99 Å². The van der Waals surface area contributed by atoms with Gasteiger partial charge in [0.2, 0.25) is 0 Å². The van der Waals surface area contributed by atoms with Crippen molar-refractivity contribution in [2.75, 3.05) is 33.2 Å². The highest BCUT2D eigenvalue weighted by atomic mass is 32.2. The molecular formula is C26H49F3N4S. The van der Waals surface area contributed by atoms with Crippen LogP contribution in [-0.4, -0.2) is 67.5 Å². The van der Waals surface area contributed by atoms with Crippen molar-refractivity contribution in [1.82, 2.24) is 9.80 Å². The molecule has 0 radical (unpaired) electrons. The van der Waals surface area contributed by atoms with Crippen LogP contribution in [0.15, 0.2) is 33.9 Å². The van der Waals surface area contributed by atoms with Crippen LogP contribution in [0.5, 0.6) is 0 Å². The minimum atomic E-state index is -3.96. The maximum absolute atomic E-state index is 10.8. The molecule has 0 saturated carbocycles. The Labute approximate surface area is 211 Å². The van der Waals surface area contributed by atoms with Gasteiger partial charge in [0.15, 0.2) is 0 Å². The van der Waals surface area contributed by atoms with Crippen molar-refractivity contribution in [1.29, 1.82) is 0 Å². The molecule has 34 heavy (non-hydrogen) atoms. The second kappa shape index (κ2) is 19.0. The van der Waals surface area contributed by atoms with Gasteiger partial charge in [0.25, 0.3) is 0 Å². The maximum Gasteiger partial charge on any atom is 0.388 e. The molecule has 0 bridgehead atoms. The van der Waals surface area contributed by atoms with Gasteiger partial charge in [-0.2, -0.15) is 13.2 Å². The van der Waals surface area contributed by atoms with E-state index in [1.165, 1.54) is 32.4 Å². The lowest BCUT2D eigenvalue weighted by Gasteiger charge is -2.40. The number of thioether (sulfide) groups is 1. The van der Waals surface area contributed by atoms with Gasteiger partial charge >= 0.3 is 6.18 Å². The Morgan fingerprint density at radius 1 is 1.09 bits per heavy atom. The molecule has 2 rings (SSSR count). The number of likely N-dealkylation sites (tertiary alicyclic amines) is 2. The van der Waals surface area contributed by atoms with Crippen LogP contribution in [-0.2, 0) is 0 Å². The third-order valence-electron chi connectivity index (χ3n) is 5.35. The summed E-state index contributed by atoms with van der Waals surface area (Å²) in [5, 5.41) is 1.98. The molecule has 1 spiro atoms. The third-order valence-corrected chi connectivity index (χ3v) is 6.11. The molecule has 8 heteroatoms. The number of rotatable bonds is 5. The molecule has 0 unspecified atom stereocenters. The van der Waals surface area contributed by atoms with E-state index in [1.54, 1.807) is 24.4 Å². The Bertz CT molecular complexity index is 581. The zero-order valence-corrected chi connectivity index (χ0v) is 23.6. The smallest absolute Gasteiger partial charge is 0.357 e. The fourth-order valence-electron chi connectivity index (χ4n) is 3.33. The number of halogens is 3. The minimum absolute atomic E-state index is 0.572. The number of nitrogens with zero attached hydrogens (tertiary/aromatic N) is 4. The van der Waals surface area contributed by atoms with Crippen molar-refractivity contribution in [3.05, 3.63) is 23.9 Å². The lowest BCUT2D eigenvalue weighted by atomic mass is 9.78.